The molecule has 0 unspecified atom stereocenters. The van der Waals surface area contributed by atoms with Crippen molar-refractivity contribution in [3.05, 3.63) is 39.3 Å². The minimum absolute atomic E-state index is 0.0679. The predicted octanol–water partition coefficient (Wildman–Crippen LogP) is 2.24. The quantitative estimate of drug-likeness (QED) is 0.398. The average molecular weight is 291 g/mol. The normalized spacial score (nSPS) is 10.4. The number of ether oxygens (including phenoxy) is 1. The number of nitrogens with zero attached hydrogens (tertiary/aromatic N) is 2. The lowest BCUT2D eigenvalue weighted by Crippen LogP contribution is -2.08. The SMILES string of the molecule is COC(=O)c1cc(-c2c(C)noc2C)cc([N+](=O)[O-])c1N. The van der Waals surface area contributed by atoms with Crippen LogP contribution in [-0.4, -0.2) is 23.2 Å². The Morgan fingerprint density at radius 3 is 2.57 bits per heavy atom. The standard InChI is InChI=1S/C13H13N3O5/c1-6-11(7(2)21-15-6)8-4-9(13(17)20-3)12(14)10(5-8)16(18)19/h4-5H,14H2,1-3H3. The maximum Gasteiger partial charge on any atom is 0.340 e. The Morgan fingerprint density at radius 2 is 2.10 bits per heavy atom. The number of nitro benzene ring substituents is 1. The summed E-state index contributed by atoms with van der Waals surface area (Å²) in [6.07, 6.45) is 0. The third kappa shape index (κ3) is 2.42. The number of carbonyl (C=O) groups is 1. The molecule has 0 saturated heterocycles. The van der Waals surface area contributed by atoms with E-state index in [1.165, 1.54) is 19.2 Å². The summed E-state index contributed by atoms with van der Waals surface area (Å²) in [5, 5.41) is 14.9. The smallest absolute Gasteiger partial charge is 0.340 e. The van der Waals surface area contributed by atoms with Gasteiger partial charge in [-0.3, -0.25) is 10.1 Å². The van der Waals surface area contributed by atoms with Gasteiger partial charge in [0.1, 0.15) is 11.4 Å². The molecule has 8 nitrogen and oxygen atoms in total. The highest BCUT2D eigenvalue weighted by molar-refractivity contribution is 5.99. The van der Waals surface area contributed by atoms with E-state index in [0.717, 1.165) is 0 Å². The van der Waals surface area contributed by atoms with Crippen LogP contribution < -0.4 is 5.73 Å². The minimum atomic E-state index is -0.746. The molecule has 0 spiro atoms. The van der Waals surface area contributed by atoms with Crippen molar-refractivity contribution in [1.82, 2.24) is 5.16 Å². The lowest BCUT2D eigenvalue weighted by atomic mass is 9.99. The number of anilines is 1. The van der Waals surface area contributed by atoms with Crippen LogP contribution >= 0.6 is 0 Å². The van der Waals surface area contributed by atoms with E-state index in [-0.39, 0.29) is 16.9 Å². The van der Waals surface area contributed by atoms with E-state index in [4.69, 9.17) is 10.3 Å². The van der Waals surface area contributed by atoms with Gasteiger partial charge in [0.05, 0.1) is 23.3 Å². The second kappa shape index (κ2) is 5.23. The number of carbonyl (C=O) groups excluding carboxylic acids is 1. The molecule has 2 rings (SSSR count). The molecule has 2 N–H and O–H groups in total. The van der Waals surface area contributed by atoms with Crippen molar-refractivity contribution >= 4 is 17.3 Å². The molecule has 0 saturated carbocycles. The number of esters is 1. The van der Waals surface area contributed by atoms with E-state index < -0.39 is 10.9 Å². The monoisotopic (exact) mass is 291 g/mol. The van der Waals surface area contributed by atoms with Gasteiger partial charge in [0, 0.05) is 11.6 Å². The van der Waals surface area contributed by atoms with E-state index in [1.807, 2.05) is 0 Å². The molecule has 0 radical (unpaired) electrons. The second-order valence-corrected chi connectivity index (χ2v) is 4.40. The van der Waals surface area contributed by atoms with Gasteiger partial charge in [-0.15, -0.1) is 0 Å². The van der Waals surface area contributed by atoms with E-state index in [0.29, 0.717) is 22.6 Å². The molecule has 0 atom stereocenters. The Balaban J connectivity index is 2.77. The van der Waals surface area contributed by atoms with Gasteiger partial charge >= 0.3 is 5.97 Å². The van der Waals surface area contributed by atoms with Crippen LogP contribution in [0.4, 0.5) is 11.4 Å². The topological polar surface area (TPSA) is 121 Å². The van der Waals surface area contributed by atoms with Gasteiger partial charge < -0.3 is 15.0 Å². The fourth-order valence-electron chi connectivity index (χ4n) is 2.11. The summed E-state index contributed by atoms with van der Waals surface area (Å²) in [5.41, 5.74) is 6.58. The highest BCUT2D eigenvalue weighted by Gasteiger charge is 2.24. The zero-order valence-corrected chi connectivity index (χ0v) is 11.7. The summed E-state index contributed by atoms with van der Waals surface area (Å²) in [6.45, 7) is 3.38. The summed E-state index contributed by atoms with van der Waals surface area (Å²) in [4.78, 5) is 22.2. The molecule has 2 aromatic rings. The van der Waals surface area contributed by atoms with Gasteiger partial charge in [-0.25, -0.2) is 4.79 Å². The zero-order valence-electron chi connectivity index (χ0n) is 11.7. The Labute approximate surface area is 119 Å². The number of aryl methyl sites for hydroxylation is 2. The first-order chi connectivity index (χ1) is 9.86. The van der Waals surface area contributed by atoms with Crippen LogP contribution in [0, 0.1) is 24.0 Å². The molecule has 8 heteroatoms. The van der Waals surface area contributed by atoms with Crippen molar-refractivity contribution in [2.45, 2.75) is 13.8 Å². The molecule has 0 aliphatic heterocycles. The highest BCUT2D eigenvalue weighted by Crippen LogP contribution is 2.35. The van der Waals surface area contributed by atoms with E-state index >= 15 is 0 Å². The van der Waals surface area contributed by atoms with Gasteiger partial charge in [0.2, 0.25) is 0 Å². The highest BCUT2D eigenvalue weighted by atomic mass is 16.6. The van der Waals surface area contributed by atoms with Gasteiger partial charge in [-0.2, -0.15) is 0 Å². The van der Waals surface area contributed by atoms with Gasteiger partial charge in [0.15, 0.2) is 0 Å². The molecule has 0 bridgehead atoms. The second-order valence-electron chi connectivity index (χ2n) is 4.40. The summed E-state index contributed by atoms with van der Waals surface area (Å²) in [6, 6.07) is 2.72. The van der Waals surface area contributed by atoms with E-state index in [2.05, 4.69) is 9.89 Å². The number of nitrogens with two attached hydrogens (primary N) is 1. The fraction of sp³-hybridized carbons (Fsp3) is 0.231. The Hall–Kier alpha value is -2.90. The number of benzene rings is 1. The summed E-state index contributed by atoms with van der Waals surface area (Å²) in [7, 11) is 1.18. The van der Waals surface area contributed by atoms with Gasteiger partial charge in [-0.05, 0) is 25.5 Å². The molecule has 0 aliphatic carbocycles. The number of hydrogen-bond acceptors (Lipinski definition) is 7. The first-order valence-corrected chi connectivity index (χ1v) is 5.96. The largest absolute Gasteiger partial charge is 0.465 e. The Kier molecular flexibility index (Phi) is 3.62. The number of hydrogen-bond donors (Lipinski definition) is 1. The molecule has 1 aromatic carbocycles. The van der Waals surface area contributed by atoms with Gasteiger partial charge in [0.25, 0.3) is 5.69 Å². The number of rotatable bonds is 3. The van der Waals surface area contributed by atoms with Crippen LogP contribution in [0.5, 0.6) is 0 Å². The van der Waals surface area contributed by atoms with E-state index in [9.17, 15) is 14.9 Å². The molecular weight excluding hydrogens is 278 g/mol. The maximum atomic E-state index is 11.7. The van der Waals surface area contributed by atoms with Crippen molar-refractivity contribution < 1.29 is 19.0 Å². The van der Waals surface area contributed by atoms with Crippen molar-refractivity contribution in [2.75, 3.05) is 12.8 Å². The van der Waals surface area contributed by atoms with E-state index in [1.54, 1.807) is 13.8 Å². The van der Waals surface area contributed by atoms with Crippen molar-refractivity contribution in [3.8, 4) is 11.1 Å². The number of nitro groups is 1. The Bertz CT molecular complexity index is 716. The first kappa shape index (κ1) is 14.5. The lowest BCUT2D eigenvalue weighted by molar-refractivity contribution is -0.383. The third-order valence-corrected chi connectivity index (χ3v) is 3.08. The molecule has 21 heavy (non-hydrogen) atoms. The molecule has 0 aliphatic rings. The summed E-state index contributed by atoms with van der Waals surface area (Å²) in [5.74, 6) is -0.258. The lowest BCUT2D eigenvalue weighted by Gasteiger charge is -2.08. The molecular formula is C13H13N3O5. The number of aromatic nitrogens is 1. The van der Waals surface area contributed by atoms with Crippen LogP contribution in [0.15, 0.2) is 16.7 Å². The van der Waals surface area contributed by atoms with Crippen LogP contribution in [0.3, 0.4) is 0 Å². The maximum absolute atomic E-state index is 11.7. The molecule has 1 aromatic heterocycles. The molecule has 0 amide bonds. The zero-order chi connectivity index (χ0) is 15.7. The molecule has 0 fully saturated rings. The summed E-state index contributed by atoms with van der Waals surface area (Å²) >= 11 is 0. The van der Waals surface area contributed by atoms with Crippen molar-refractivity contribution in [3.63, 3.8) is 0 Å². The summed E-state index contributed by atoms with van der Waals surface area (Å²) < 4.78 is 9.64. The van der Waals surface area contributed by atoms with Crippen LogP contribution in [-0.2, 0) is 4.74 Å². The first-order valence-electron chi connectivity index (χ1n) is 5.96. The number of nitrogen functional groups attached to an aromatic ring is 1. The van der Waals surface area contributed by atoms with Gasteiger partial charge in [-0.1, -0.05) is 5.16 Å². The van der Waals surface area contributed by atoms with Crippen molar-refractivity contribution in [1.29, 1.82) is 0 Å². The number of methoxy groups -OCH3 is 1. The van der Waals surface area contributed by atoms with Crippen molar-refractivity contribution in [2.24, 2.45) is 0 Å². The average Bonchev–Trinajstić information content (AvgIpc) is 2.77. The Morgan fingerprint density at radius 1 is 1.43 bits per heavy atom. The fourth-order valence-corrected chi connectivity index (χ4v) is 2.11. The van der Waals surface area contributed by atoms with Crippen LogP contribution in [0.1, 0.15) is 21.8 Å². The van der Waals surface area contributed by atoms with Crippen LogP contribution in [0.2, 0.25) is 0 Å². The predicted molar refractivity (Wildman–Crippen MR) is 73.8 cm³/mol. The third-order valence-electron chi connectivity index (χ3n) is 3.08. The molecule has 1 heterocycles. The molecule has 110 valence electrons. The minimum Gasteiger partial charge on any atom is -0.465 e. The van der Waals surface area contributed by atoms with Crippen LogP contribution in [0.25, 0.3) is 11.1 Å².